The molecule has 1 aromatic heterocycles. The quantitative estimate of drug-likeness (QED) is 0.725. The normalized spacial score (nSPS) is 11.2. The summed E-state index contributed by atoms with van der Waals surface area (Å²) >= 11 is 0. The second-order valence-electron chi connectivity index (χ2n) is 6.15. The minimum absolute atomic E-state index is 0.308. The van der Waals surface area contributed by atoms with Crippen molar-refractivity contribution in [3.05, 3.63) is 47.8 Å². The molecule has 2 aromatic carbocycles. The molecule has 24 heavy (non-hydrogen) atoms. The third kappa shape index (κ3) is 2.89. The van der Waals surface area contributed by atoms with Gasteiger partial charge in [-0.25, -0.2) is 4.98 Å². The van der Waals surface area contributed by atoms with Gasteiger partial charge in [0.25, 0.3) is 0 Å². The van der Waals surface area contributed by atoms with Crippen molar-refractivity contribution in [2.45, 2.75) is 26.3 Å². The average molecular weight is 325 g/mol. The summed E-state index contributed by atoms with van der Waals surface area (Å²) in [7, 11) is 3.28. The second-order valence-corrected chi connectivity index (χ2v) is 6.15. The summed E-state index contributed by atoms with van der Waals surface area (Å²) in [5, 5.41) is 0. The summed E-state index contributed by atoms with van der Waals surface area (Å²) in [6, 6.07) is 11.9. The van der Waals surface area contributed by atoms with Crippen LogP contribution in [0.5, 0.6) is 11.5 Å². The molecular weight excluding hydrogens is 302 g/mol. The maximum atomic E-state index is 5.79. The molecule has 0 atom stereocenters. The van der Waals surface area contributed by atoms with Crippen LogP contribution in [0.4, 0.5) is 5.69 Å². The molecular formula is C19H23N3O2. The lowest BCUT2D eigenvalue weighted by atomic mass is 10.1. The van der Waals surface area contributed by atoms with Crippen molar-refractivity contribution in [1.82, 2.24) is 9.55 Å². The number of benzene rings is 2. The number of nitrogens with zero attached hydrogens (tertiary/aromatic N) is 2. The lowest BCUT2D eigenvalue weighted by Gasteiger charge is -2.13. The topological polar surface area (TPSA) is 62.3 Å². The summed E-state index contributed by atoms with van der Waals surface area (Å²) in [5.74, 6) is 2.75. The molecule has 0 bridgehead atoms. The summed E-state index contributed by atoms with van der Waals surface area (Å²) in [6.07, 6.45) is 0. The molecule has 126 valence electrons. The van der Waals surface area contributed by atoms with Gasteiger partial charge in [0.05, 0.1) is 25.3 Å². The number of aromatic nitrogens is 2. The molecule has 0 unspecified atom stereocenters. The molecule has 0 fully saturated rings. The molecule has 0 saturated heterocycles. The lowest BCUT2D eigenvalue weighted by molar-refractivity contribution is 0.355. The van der Waals surface area contributed by atoms with Crippen molar-refractivity contribution in [3.63, 3.8) is 0 Å². The lowest BCUT2D eigenvalue weighted by Crippen LogP contribution is -2.07. The Kier molecular flexibility index (Phi) is 4.34. The van der Waals surface area contributed by atoms with Gasteiger partial charge in [-0.1, -0.05) is 26.0 Å². The molecule has 0 aliphatic rings. The van der Waals surface area contributed by atoms with Crippen molar-refractivity contribution < 1.29 is 9.47 Å². The first-order valence-electron chi connectivity index (χ1n) is 8.00. The van der Waals surface area contributed by atoms with Gasteiger partial charge in [0.15, 0.2) is 11.5 Å². The molecule has 0 spiro atoms. The van der Waals surface area contributed by atoms with Crippen LogP contribution < -0.4 is 15.2 Å². The number of ether oxygens (including phenoxy) is 2. The SMILES string of the molecule is COc1cc2nc(C(C)C)n(Cc3ccc(N)cc3)c2cc1OC. The number of nitrogens with two attached hydrogens (primary N) is 1. The van der Waals surface area contributed by atoms with E-state index in [0.29, 0.717) is 17.4 Å². The number of methoxy groups -OCH3 is 2. The number of hydrogen-bond acceptors (Lipinski definition) is 4. The summed E-state index contributed by atoms with van der Waals surface area (Å²) in [5.41, 5.74) is 9.68. The number of hydrogen-bond donors (Lipinski definition) is 1. The van der Waals surface area contributed by atoms with Crippen LogP contribution in [0, 0.1) is 0 Å². The van der Waals surface area contributed by atoms with Crippen LogP contribution in [-0.4, -0.2) is 23.8 Å². The second kappa shape index (κ2) is 6.43. The van der Waals surface area contributed by atoms with Crippen LogP contribution in [0.1, 0.15) is 31.2 Å². The van der Waals surface area contributed by atoms with Crippen molar-refractivity contribution >= 4 is 16.7 Å². The highest BCUT2D eigenvalue weighted by molar-refractivity contribution is 5.81. The smallest absolute Gasteiger partial charge is 0.163 e. The Labute approximate surface area is 142 Å². The van der Waals surface area contributed by atoms with Gasteiger partial charge in [-0.3, -0.25) is 0 Å². The maximum absolute atomic E-state index is 5.79. The zero-order chi connectivity index (χ0) is 17.3. The summed E-state index contributed by atoms with van der Waals surface area (Å²) < 4.78 is 13.1. The Balaban J connectivity index is 2.15. The van der Waals surface area contributed by atoms with Gasteiger partial charge in [-0.2, -0.15) is 0 Å². The minimum Gasteiger partial charge on any atom is -0.493 e. The van der Waals surface area contributed by atoms with Crippen molar-refractivity contribution in [2.75, 3.05) is 20.0 Å². The van der Waals surface area contributed by atoms with E-state index in [0.717, 1.165) is 29.1 Å². The first-order chi connectivity index (χ1) is 11.5. The molecule has 2 N–H and O–H groups in total. The highest BCUT2D eigenvalue weighted by Gasteiger charge is 2.17. The predicted octanol–water partition coefficient (Wildman–Crippen LogP) is 3.81. The molecule has 0 radical (unpaired) electrons. The molecule has 1 heterocycles. The van der Waals surface area contributed by atoms with Crippen LogP contribution in [0.25, 0.3) is 11.0 Å². The van der Waals surface area contributed by atoms with Gasteiger partial charge in [0, 0.05) is 30.3 Å². The zero-order valence-corrected chi connectivity index (χ0v) is 14.5. The molecule has 5 nitrogen and oxygen atoms in total. The monoisotopic (exact) mass is 325 g/mol. The Hall–Kier alpha value is -2.69. The van der Waals surface area contributed by atoms with E-state index < -0.39 is 0 Å². The van der Waals surface area contributed by atoms with Gasteiger partial charge in [0.2, 0.25) is 0 Å². The van der Waals surface area contributed by atoms with Crippen LogP contribution >= 0.6 is 0 Å². The highest BCUT2D eigenvalue weighted by atomic mass is 16.5. The summed E-state index contributed by atoms with van der Waals surface area (Å²) in [4.78, 5) is 4.81. The first kappa shape index (κ1) is 16.2. The number of nitrogen functional groups attached to an aromatic ring is 1. The first-order valence-corrected chi connectivity index (χ1v) is 8.00. The molecule has 0 saturated carbocycles. The van der Waals surface area contributed by atoms with Crippen LogP contribution in [0.3, 0.4) is 0 Å². The van der Waals surface area contributed by atoms with E-state index in [1.54, 1.807) is 14.2 Å². The van der Waals surface area contributed by atoms with Gasteiger partial charge in [-0.15, -0.1) is 0 Å². The Morgan fingerprint density at radius 1 is 1.04 bits per heavy atom. The molecule has 0 aliphatic heterocycles. The minimum atomic E-state index is 0.308. The van der Waals surface area contributed by atoms with E-state index in [1.165, 1.54) is 5.56 Å². The third-order valence-electron chi connectivity index (χ3n) is 4.12. The fourth-order valence-corrected chi connectivity index (χ4v) is 2.88. The van der Waals surface area contributed by atoms with E-state index >= 15 is 0 Å². The fourth-order valence-electron chi connectivity index (χ4n) is 2.88. The summed E-state index contributed by atoms with van der Waals surface area (Å²) in [6.45, 7) is 5.03. The van der Waals surface area contributed by atoms with Crippen LogP contribution in [-0.2, 0) is 6.54 Å². The van der Waals surface area contributed by atoms with E-state index in [9.17, 15) is 0 Å². The van der Waals surface area contributed by atoms with Gasteiger partial charge in [-0.05, 0) is 17.7 Å². The van der Waals surface area contributed by atoms with E-state index in [4.69, 9.17) is 20.2 Å². The van der Waals surface area contributed by atoms with Gasteiger partial charge >= 0.3 is 0 Å². The molecule has 3 rings (SSSR count). The zero-order valence-electron chi connectivity index (χ0n) is 14.5. The maximum Gasteiger partial charge on any atom is 0.163 e. The van der Waals surface area contributed by atoms with E-state index in [-0.39, 0.29) is 0 Å². The predicted molar refractivity (Wildman–Crippen MR) is 96.9 cm³/mol. The van der Waals surface area contributed by atoms with Gasteiger partial charge < -0.3 is 19.8 Å². The van der Waals surface area contributed by atoms with E-state index in [1.807, 2.05) is 36.4 Å². The molecule has 0 amide bonds. The van der Waals surface area contributed by atoms with E-state index in [2.05, 4.69) is 18.4 Å². The molecule has 0 aliphatic carbocycles. The fraction of sp³-hybridized carbons (Fsp3) is 0.316. The van der Waals surface area contributed by atoms with Crippen molar-refractivity contribution in [2.24, 2.45) is 0 Å². The van der Waals surface area contributed by atoms with Crippen LogP contribution in [0.15, 0.2) is 36.4 Å². The van der Waals surface area contributed by atoms with Crippen molar-refractivity contribution in [1.29, 1.82) is 0 Å². The molecule has 3 aromatic rings. The Morgan fingerprint density at radius 3 is 2.25 bits per heavy atom. The van der Waals surface area contributed by atoms with Gasteiger partial charge in [0.1, 0.15) is 5.82 Å². The molecule has 5 heteroatoms. The highest BCUT2D eigenvalue weighted by Crippen LogP contribution is 2.34. The number of fused-ring (bicyclic) bond motifs is 1. The standard InChI is InChI=1S/C19H23N3O2/c1-12(2)19-21-15-9-17(23-3)18(24-4)10-16(15)22(19)11-13-5-7-14(20)8-6-13/h5-10,12H,11,20H2,1-4H3. The van der Waals surface area contributed by atoms with Crippen LogP contribution in [0.2, 0.25) is 0 Å². The van der Waals surface area contributed by atoms with Crippen molar-refractivity contribution in [3.8, 4) is 11.5 Å². The largest absolute Gasteiger partial charge is 0.493 e. The number of anilines is 1. The average Bonchev–Trinajstić information content (AvgIpc) is 2.93. The third-order valence-corrected chi connectivity index (χ3v) is 4.12. The number of imidazole rings is 1. The Morgan fingerprint density at radius 2 is 1.67 bits per heavy atom. The Bertz CT molecular complexity index is 851. The number of rotatable bonds is 5.